The second kappa shape index (κ2) is 6.43. The number of rotatable bonds is 3. The average molecular weight is 230 g/mol. The molecule has 1 rings (SSSR count). The van der Waals surface area contributed by atoms with Crippen molar-refractivity contribution in [3.05, 3.63) is 35.4 Å². The molecule has 0 fully saturated rings. The van der Waals surface area contributed by atoms with Crippen molar-refractivity contribution in [2.75, 3.05) is 7.11 Å². The number of benzene rings is 1. The van der Waals surface area contributed by atoms with Crippen LogP contribution in [0.3, 0.4) is 0 Å². The zero-order chi connectivity index (χ0) is 10.6. The summed E-state index contributed by atoms with van der Waals surface area (Å²) in [6.45, 7) is 2.34. The number of carbonyl (C=O) groups excluding carboxylic acids is 1. The van der Waals surface area contributed by atoms with Gasteiger partial charge in [-0.3, -0.25) is 4.79 Å². The first-order valence-electron chi connectivity index (χ1n) is 4.55. The summed E-state index contributed by atoms with van der Waals surface area (Å²) in [5.41, 5.74) is 7.48. The number of hydrogen-bond acceptors (Lipinski definition) is 3. The van der Waals surface area contributed by atoms with Crippen LogP contribution in [0.5, 0.6) is 0 Å². The van der Waals surface area contributed by atoms with Crippen LogP contribution in [0.15, 0.2) is 24.3 Å². The number of halogens is 1. The largest absolute Gasteiger partial charge is 0.469 e. The van der Waals surface area contributed by atoms with Crippen LogP contribution in [0.2, 0.25) is 0 Å². The van der Waals surface area contributed by atoms with Gasteiger partial charge in [0.15, 0.2) is 0 Å². The maximum atomic E-state index is 11.2. The number of nitrogens with two attached hydrogens (primary N) is 1. The molecule has 2 N–H and O–H groups in total. The highest BCUT2D eigenvalue weighted by Crippen LogP contribution is 2.16. The Labute approximate surface area is 96.0 Å². The fourth-order valence-electron chi connectivity index (χ4n) is 1.26. The molecule has 0 heterocycles. The molecule has 0 aromatic heterocycles. The van der Waals surface area contributed by atoms with E-state index in [2.05, 4.69) is 4.74 Å². The zero-order valence-corrected chi connectivity index (χ0v) is 9.71. The van der Waals surface area contributed by atoms with E-state index in [1.807, 2.05) is 31.2 Å². The van der Waals surface area contributed by atoms with E-state index in [1.54, 1.807) is 0 Å². The Morgan fingerprint density at radius 1 is 1.40 bits per heavy atom. The summed E-state index contributed by atoms with van der Waals surface area (Å²) < 4.78 is 4.66. The summed E-state index contributed by atoms with van der Waals surface area (Å²) >= 11 is 0. The minimum atomic E-state index is -0.217. The van der Waals surface area contributed by atoms with Gasteiger partial charge in [0.2, 0.25) is 0 Å². The van der Waals surface area contributed by atoms with Crippen molar-refractivity contribution >= 4 is 18.4 Å². The molecule has 0 aliphatic carbocycles. The molecule has 0 radical (unpaired) electrons. The Morgan fingerprint density at radius 2 is 1.93 bits per heavy atom. The van der Waals surface area contributed by atoms with Crippen molar-refractivity contribution < 1.29 is 9.53 Å². The normalized spacial score (nSPS) is 11.4. The number of methoxy groups -OCH3 is 1. The maximum absolute atomic E-state index is 11.2. The van der Waals surface area contributed by atoms with E-state index in [-0.39, 0.29) is 24.3 Å². The van der Waals surface area contributed by atoms with Gasteiger partial charge in [0, 0.05) is 6.54 Å². The zero-order valence-electron chi connectivity index (χ0n) is 8.90. The highest BCUT2D eigenvalue weighted by molar-refractivity contribution is 5.85. The highest BCUT2D eigenvalue weighted by Gasteiger charge is 2.14. The van der Waals surface area contributed by atoms with E-state index in [0.29, 0.717) is 6.54 Å². The van der Waals surface area contributed by atoms with Crippen molar-refractivity contribution in [3.63, 3.8) is 0 Å². The van der Waals surface area contributed by atoms with Gasteiger partial charge in [-0.25, -0.2) is 0 Å². The van der Waals surface area contributed by atoms with E-state index in [0.717, 1.165) is 11.1 Å². The van der Waals surface area contributed by atoms with Crippen LogP contribution < -0.4 is 5.73 Å². The Balaban J connectivity index is 0.00000196. The van der Waals surface area contributed by atoms with E-state index < -0.39 is 0 Å². The third-order valence-electron chi connectivity index (χ3n) is 2.27. The molecular formula is C11H16ClNO2. The summed E-state index contributed by atoms with van der Waals surface area (Å²) in [5, 5.41) is 0. The lowest BCUT2D eigenvalue weighted by molar-refractivity contribution is -0.141. The first-order chi connectivity index (χ1) is 6.69. The molecule has 0 spiro atoms. The average Bonchev–Trinajstić information content (AvgIpc) is 2.27. The summed E-state index contributed by atoms with van der Waals surface area (Å²) in [7, 11) is 1.40. The van der Waals surface area contributed by atoms with Crippen LogP contribution in [0.1, 0.15) is 24.0 Å². The third kappa shape index (κ3) is 3.53. The minimum absolute atomic E-state index is 0. The van der Waals surface area contributed by atoms with Crippen LogP contribution >= 0.6 is 12.4 Å². The fourth-order valence-corrected chi connectivity index (χ4v) is 1.26. The lowest BCUT2D eigenvalue weighted by atomic mass is 10.00. The smallest absolute Gasteiger partial charge is 0.312 e. The van der Waals surface area contributed by atoms with Crippen molar-refractivity contribution in [3.8, 4) is 0 Å². The number of carbonyl (C=O) groups is 1. The molecule has 0 aliphatic heterocycles. The minimum Gasteiger partial charge on any atom is -0.469 e. The molecule has 0 amide bonds. The van der Waals surface area contributed by atoms with Gasteiger partial charge in [0.05, 0.1) is 13.0 Å². The molecule has 0 saturated carbocycles. The van der Waals surface area contributed by atoms with Gasteiger partial charge in [-0.15, -0.1) is 12.4 Å². The van der Waals surface area contributed by atoms with Crippen molar-refractivity contribution in [1.29, 1.82) is 0 Å². The SMILES string of the molecule is COC(=O)C(C)c1ccc(CN)cc1.Cl. The topological polar surface area (TPSA) is 52.3 Å². The monoisotopic (exact) mass is 229 g/mol. The van der Waals surface area contributed by atoms with E-state index in [4.69, 9.17) is 5.73 Å². The van der Waals surface area contributed by atoms with Crippen LogP contribution in [0, 0.1) is 0 Å². The Hall–Kier alpha value is -1.06. The third-order valence-corrected chi connectivity index (χ3v) is 2.27. The molecule has 1 aromatic rings. The molecule has 84 valence electrons. The summed E-state index contributed by atoms with van der Waals surface area (Å²) in [5.74, 6) is -0.433. The first-order valence-corrected chi connectivity index (χ1v) is 4.55. The summed E-state index contributed by atoms with van der Waals surface area (Å²) in [6, 6.07) is 7.66. The number of esters is 1. The van der Waals surface area contributed by atoms with Gasteiger partial charge in [0.1, 0.15) is 0 Å². The lowest BCUT2D eigenvalue weighted by Crippen LogP contribution is -2.10. The fraction of sp³-hybridized carbons (Fsp3) is 0.364. The summed E-state index contributed by atoms with van der Waals surface area (Å²) in [4.78, 5) is 11.2. The van der Waals surface area contributed by atoms with Crippen LogP contribution in [0.25, 0.3) is 0 Å². The molecule has 15 heavy (non-hydrogen) atoms. The quantitative estimate of drug-likeness (QED) is 0.805. The van der Waals surface area contributed by atoms with Gasteiger partial charge in [-0.2, -0.15) is 0 Å². The lowest BCUT2D eigenvalue weighted by Gasteiger charge is -2.09. The van der Waals surface area contributed by atoms with Gasteiger partial charge in [-0.1, -0.05) is 24.3 Å². The second-order valence-electron chi connectivity index (χ2n) is 3.19. The van der Waals surface area contributed by atoms with E-state index >= 15 is 0 Å². The molecule has 3 nitrogen and oxygen atoms in total. The predicted molar refractivity (Wildman–Crippen MR) is 62.0 cm³/mol. The Bertz CT molecular complexity index is 311. The molecule has 1 aromatic carbocycles. The Morgan fingerprint density at radius 3 is 2.33 bits per heavy atom. The standard InChI is InChI=1S/C11H15NO2.ClH/c1-8(11(13)14-2)10-5-3-9(7-12)4-6-10;/h3-6,8H,7,12H2,1-2H3;1H. The predicted octanol–water partition coefficient (Wildman–Crippen LogP) is 1.84. The second-order valence-corrected chi connectivity index (χ2v) is 3.19. The van der Waals surface area contributed by atoms with Crippen molar-refractivity contribution in [2.45, 2.75) is 19.4 Å². The number of ether oxygens (including phenoxy) is 1. The maximum Gasteiger partial charge on any atom is 0.312 e. The molecule has 1 unspecified atom stereocenters. The van der Waals surface area contributed by atoms with Gasteiger partial charge < -0.3 is 10.5 Å². The number of hydrogen-bond donors (Lipinski definition) is 1. The van der Waals surface area contributed by atoms with E-state index in [1.165, 1.54) is 7.11 Å². The van der Waals surface area contributed by atoms with Crippen molar-refractivity contribution in [2.24, 2.45) is 5.73 Å². The molecule has 0 saturated heterocycles. The highest BCUT2D eigenvalue weighted by atomic mass is 35.5. The Kier molecular flexibility index (Phi) is 5.97. The molecule has 0 aliphatic rings. The summed E-state index contributed by atoms with van der Waals surface area (Å²) in [6.07, 6.45) is 0. The van der Waals surface area contributed by atoms with Gasteiger partial charge in [-0.05, 0) is 18.1 Å². The first kappa shape index (κ1) is 13.9. The van der Waals surface area contributed by atoms with Crippen LogP contribution in [-0.4, -0.2) is 13.1 Å². The van der Waals surface area contributed by atoms with Crippen LogP contribution in [0.4, 0.5) is 0 Å². The van der Waals surface area contributed by atoms with Gasteiger partial charge >= 0.3 is 5.97 Å². The van der Waals surface area contributed by atoms with Crippen molar-refractivity contribution in [1.82, 2.24) is 0 Å². The van der Waals surface area contributed by atoms with Gasteiger partial charge in [0.25, 0.3) is 0 Å². The molecular weight excluding hydrogens is 214 g/mol. The molecule has 1 atom stereocenters. The molecule has 0 bridgehead atoms. The molecule has 4 heteroatoms. The van der Waals surface area contributed by atoms with E-state index in [9.17, 15) is 4.79 Å². The van der Waals surface area contributed by atoms with Crippen LogP contribution in [-0.2, 0) is 16.1 Å².